The van der Waals surface area contributed by atoms with Gasteiger partial charge < -0.3 is 15.5 Å². The van der Waals surface area contributed by atoms with Gasteiger partial charge in [-0.15, -0.1) is 0 Å². The van der Waals surface area contributed by atoms with E-state index in [-0.39, 0.29) is 5.91 Å². The number of hydrogen-bond donors (Lipinski definition) is 3. The number of carbonyl (C=O) groups excluding carboxylic acids is 2. The second kappa shape index (κ2) is 15.1. The number of para-hydroxylation sites is 1. The second-order valence-corrected chi connectivity index (χ2v) is 11.1. The van der Waals surface area contributed by atoms with Crippen LogP contribution in [-0.4, -0.2) is 38.2 Å². The summed E-state index contributed by atoms with van der Waals surface area (Å²) in [6, 6.07) is 28.9. The quantitative estimate of drug-likeness (QED) is 0.0929. The van der Waals surface area contributed by atoms with E-state index in [0.717, 1.165) is 42.7 Å². The number of benzene rings is 4. The zero-order valence-electron chi connectivity index (χ0n) is 24.2. The van der Waals surface area contributed by atoms with Crippen LogP contribution < -0.4 is 21.0 Å². The molecule has 0 aromatic heterocycles. The Bertz CT molecular complexity index is 1540. The first-order valence-corrected chi connectivity index (χ1v) is 14.7. The van der Waals surface area contributed by atoms with Gasteiger partial charge in [0.1, 0.15) is 0 Å². The first-order chi connectivity index (χ1) is 20.3. The minimum Gasteiger partial charge on any atom is -0.375 e. The van der Waals surface area contributed by atoms with E-state index >= 15 is 0 Å². The molecule has 7 nitrogen and oxygen atoms in total. The molecule has 0 bridgehead atoms. The third-order valence-electron chi connectivity index (χ3n) is 6.97. The van der Waals surface area contributed by atoms with Crippen LogP contribution in [0, 0.1) is 13.8 Å². The minimum absolute atomic E-state index is 0.298. The van der Waals surface area contributed by atoms with Crippen LogP contribution >= 0.6 is 15.9 Å². The highest BCUT2D eigenvalue weighted by Gasteiger charge is 2.15. The maximum Gasteiger partial charge on any atom is 0.273 e. The molecule has 8 heteroatoms. The number of aryl methyl sites for hydroxylation is 2. The fourth-order valence-corrected chi connectivity index (χ4v) is 4.70. The molecule has 3 N–H and O–H groups in total. The topological polar surface area (TPSA) is 85.8 Å². The normalized spacial score (nSPS) is 11.0. The Morgan fingerprint density at radius 2 is 1.64 bits per heavy atom. The molecule has 0 spiro atoms. The molecule has 2 amide bonds. The summed E-state index contributed by atoms with van der Waals surface area (Å²) in [6.07, 6.45) is 2.62. The highest BCUT2D eigenvalue weighted by molar-refractivity contribution is 9.10. The number of halogens is 1. The highest BCUT2D eigenvalue weighted by atomic mass is 79.9. The van der Waals surface area contributed by atoms with Crippen LogP contribution in [0.3, 0.4) is 0 Å². The number of anilines is 2. The average molecular weight is 627 g/mol. The fraction of sp³-hybridized carbons (Fsp3) is 0.206. The van der Waals surface area contributed by atoms with Crippen molar-refractivity contribution in [3.05, 3.63) is 129 Å². The van der Waals surface area contributed by atoms with Crippen molar-refractivity contribution in [3.8, 4) is 0 Å². The number of nitrogens with zero attached hydrogens (tertiary/aromatic N) is 2. The zero-order valence-corrected chi connectivity index (χ0v) is 25.7. The van der Waals surface area contributed by atoms with E-state index in [9.17, 15) is 9.59 Å². The Hall–Kier alpha value is -4.27. The lowest BCUT2D eigenvalue weighted by atomic mass is 10.1. The van der Waals surface area contributed by atoms with Gasteiger partial charge in [0.15, 0.2) is 0 Å². The van der Waals surface area contributed by atoms with Crippen LogP contribution in [-0.2, 0) is 6.54 Å². The summed E-state index contributed by atoms with van der Waals surface area (Å²) in [5.41, 5.74) is 9.29. The first-order valence-electron chi connectivity index (χ1n) is 13.9. The molecule has 0 aliphatic heterocycles. The summed E-state index contributed by atoms with van der Waals surface area (Å²) in [6.45, 7) is 6.65. The molecule has 0 aliphatic carbocycles. The Morgan fingerprint density at radius 1 is 0.881 bits per heavy atom. The lowest BCUT2D eigenvalue weighted by molar-refractivity contribution is 0.0956. The van der Waals surface area contributed by atoms with Crippen LogP contribution in [0.15, 0.2) is 101 Å². The van der Waals surface area contributed by atoms with Crippen molar-refractivity contribution in [2.24, 2.45) is 5.10 Å². The average Bonchev–Trinajstić information content (AvgIpc) is 3.00. The SMILES string of the molecule is Cc1ccc(/C=N/NC(=O)c2cc(Br)ccc2NC(=O)c2ccc(CNCCCN(C)c3ccccc3)cc2)cc1C. The smallest absolute Gasteiger partial charge is 0.273 e. The van der Waals surface area contributed by atoms with E-state index < -0.39 is 5.91 Å². The van der Waals surface area contributed by atoms with Gasteiger partial charge in [-0.1, -0.05) is 64.5 Å². The molecule has 4 rings (SSSR count). The molecule has 0 saturated heterocycles. The predicted molar refractivity (Wildman–Crippen MR) is 176 cm³/mol. The Labute approximate surface area is 256 Å². The Kier molecular flexibility index (Phi) is 11.0. The fourth-order valence-electron chi connectivity index (χ4n) is 4.34. The van der Waals surface area contributed by atoms with Crippen molar-refractivity contribution in [3.63, 3.8) is 0 Å². The second-order valence-electron chi connectivity index (χ2n) is 10.2. The van der Waals surface area contributed by atoms with Crippen LogP contribution in [0.5, 0.6) is 0 Å². The van der Waals surface area contributed by atoms with Crippen LogP contribution in [0.4, 0.5) is 11.4 Å². The van der Waals surface area contributed by atoms with E-state index in [1.165, 1.54) is 11.3 Å². The van der Waals surface area contributed by atoms with Crippen molar-refractivity contribution in [1.29, 1.82) is 0 Å². The van der Waals surface area contributed by atoms with Crippen LogP contribution in [0.2, 0.25) is 0 Å². The van der Waals surface area contributed by atoms with Gasteiger partial charge in [0.05, 0.1) is 17.5 Å². The lowest BCUT2D eigenvalue weighted by Crippen LogP contribution is -2.23. The number of amides is 2. The monoisotopic (exact) mass is 625 g/mol. The maximum absolute atomic E-state index is 13.0. The third-order valence-corrected chi connectivity index (χ3v) is 7.47. The molecule has 0 atom stereocenters. The number of nitrogens with one attached hydrogen (secondary N) is 3. The molecule has 42 heavy (non-hydrogen) atoms. The van der Waals surface area contributed by atoms with Gasteiger partial charge in [0.25, 0.3) is 11.8 Å². The van der Waals surface area contributed by atoms with E-state index in [2.05, 4.69) is 61.2 Å². The predicted octanol–water partition coefficient (Wildman–Crippen LogP) is 6.70. The summed E-state index contributed by atoms with van der Waals surface area (Å²) in [4.78, 5) is 28.2. The summed E-state index contributed by atoms with van der Waals surface area (Å²) in [5, 5.41) is 10.4. The number of hydrazone groups is 1. The standard InChI is InChI=1S/C34H36BrN5O2/c1-24-10-11-27(20-25(24)2)23-37-39-34(42)31-21-29(35)16-17-32(31)38-33(41)28-14-12-26(13-15-28)22-36-18-7-19-40(3)30-8-5-4-6-9-30/h4-6,8-17,20-21,23,36H,7,18-19,22H2,1-3H3,(H,38,41)(H,39,42)/b37-23+. The number of hydrogen-bond acceptors (Lipinski definition) is 5. The molecule has 0 saturated carbocycles. The Balaban J connectivity index is 1.28. The molecule has 0 fully saturated rings. The van der Waals surface area contributed by atoms with Gasteiger partial charge in [0.2, 0.25) is 0 Å². The van der Waals surface area contributed by atoms with Crippen LogP contribution in [0.25, 0.3) is 0 Å². The maximum atomic E-state index is 13.0. The van der Waals surface area contributed by atoms with Gasteiger partial charge in [0, 0.05) is 35.9 Å². The van der Waals surface area contributed by atoms with Gasteiger partial charge >= 0.3 is 0 Å². The van der Waals surface area contributed by atoms with E-state index in [4.69, 9.17) is 0 Å². The number of rotatable bonds is 12. The summed E-state index contributed by atoms with van der Waals surface area (Å²) >= 11 is 3.41. The van der Waals surface area contributed by atoms with Gasteiger partial charge in [-0.25, -0.2) is 5.43 Å². The molecule has 0 heterocycles. The number of carbonyl (C=O) groups is 2. The summed E-state index contributed by atoms with van der Waals surface area (Å²) in [5.74, 6) is -0.725. The zero-order chi connectivity index (χ0) is 29.9. The van der Waals surface area contributed by atoms with Crippen molar-refractivity contribution in [1.82, 2.24) is 10.7 Å². The van der Waals surface area contributed by atoms with E-state index in [1.54, 1.807) is 36.5 Å². The van der Waals surface area contributed by atoms with Gasteiger partial charge in [-0.3, -0.25) is 9.59 Å². The van der Waals surface area contributed by atoms with Gasteiger partial charge in [-0.05, 0) is 91.5 Å². The third kappa shape index (κ3) is 8.86. The van der Waals surface area contributed by atoms with Crippen molar-refractivity contribution in [2.45, 2.75) is 26.8 Å². The van der Waals surface area contributed by atoms with Crippen molar-refractivity contribution in [2.75, 3.05) is 30.4 Å². The molecular formula is C34H36BrN5O2. The molecule has 4 aromatic rings. The molecular weight excluding hydrogens is 590 g/mol. The lowest BCUT2D eigenvalue weighted by Gasteiger charge is -2.19. The van der Waals surface area contributed by atoms with E-state index in [1.807, 2.05) is 62.4 Å². The molecule has 0 aliphatic rings. The van der Waals surface area contributed by atoms with Crippen molar-refractivity contribution < 1.29 is 9.59 Å². The molecule has 216 valence electrons. The molecule has 0 radical (unpaired) electrons. The summed E-state index contributed by atoms with van der Waals surface area (Å²) in [7, 11) is 2.10. The summed E-state index contributed by atoms with van der Waals surface area (Å²) < 4.78 is 0.715. The van der Waals surface area contributed by atoms with Gasteiger partial charge in [-0.2, -0.15) is 5.10 Å². The molecule has 4 aromatic carbocycles. The van der Waals surface area contributed by atoms with E-state index in [0.29, 0.717) is 21.3 Å². The molecule has 0 unspecified atom stereocenters. The Morgan fingerprint density at radius 3 is 2.38 bits per heavy atom. The minimum atomic E-state index is -0.428. The highest BCUT2D eigenvalue weighted by Crippen LogP contribution is 2.22. The van der Waals surface area contributed by atoms with Crippen molar-refractivity contribution >= 4 is 45.3 Å². The van der Waals surface area contributed by atoms with Crippen LogP contribution in [0.1, 0.15) is 49.4 Å². The largest absolute Gasteiger partial charge is 0.375 e. The first kappa shape index (κ1) is 30.7.